The van der Waals surface area contributed by atoms with Crippen molar-refractivity contribution in [3.8, 4) is 0 Å². The van der Waals surface area contributed by atoms with Crippen molar-refractivity contribution in [2.24, 2.45) is 0 Å². The van der Waals surface area contributed by atoms with Crippen LogP contribution in [0.3, 0.4) is 0 Å². The lowest BCUT2D eigenvalue weighted by Crippen LogP contribution is -2.27. The minimum Gasteiger partial charge on any atom is -0.329 e. The molecule has 0 aliphatic carbocycles. The highest BCUT2D eigenvalue weighted by Crippen LogP contribution is 2.11. The highest BCUT2D eigenvalue weighted by Gasteiger charge is 2.04. The fourth-order valence-electron chi connectivity index (χ4n) is 2.31. The molecule has 0 saturated carbocycles. The molecule has 0 saturated heterocycles. The molecule has 3 aromatic rings. The van der Waals surface area contributed by atoms with Crippen molar-refractivity contribution in [2.45, 2.75) is 13.1 Å². The van der Waals surface area contributed by atoms with E-state index in [9.17, 15) is 0 Å². The minimum absolute atomic E-state index is 0.683. The molecule has 0 N–H and O–H groups in total. The lowest BCUT2D eigenvalue weighted by Gasteiger charge is -2.17. The van der Waals surface area contributed by atoms with Crippen LogP contribution in [0.2, 0.25) is 5.02 Å². The molecule has 3 rings (SSSR count). The smallest absolute Gasteiger partial charge is 0.0958 e. The van der Waals surface area contributed by atoms with E-state index < -0.39 is 0 Å². The van der Waals surface area contributed by atoms with E-state index in [-0.39, 0.29) is 0 Å². The number of benzene rings is 1. The van der Waals surface area contributed by atoms with E-state index in [2.05, 4.69) is 32.7 Å². The third-order valence-corrected chi connectivity index (χ3v) is 3.76. The van der Waals surface area contributed by atoms with E-state index >= 15 is 0 Å². The maximum absolute atomic E-state index is 5.85. The van der Waals surface area contributed by atoms with Gasteiger partial charge in [0.25, 0.3) is 0 Å². The van der Waals surface area contributed by atoms with Crippen molar-refractivity contribution < 1.29 is 0 Å². The third kappa shape index (κ3) is 3.43. The first-order valence-electron chi connectivity index (χ1n) is 6.99. The molecule has 2 heterocycles. The summed E-state index contributed by atoms with van der Waals surface area (Å²) < 4.78 is 4.06. The summed E-state index contributed by atoms with van der Waals surface area (Å²) in [4.78, 5) is 6.69. The maximum Gasteiger partial charge on any atom is 0.0958 e. The van der Waals surface area contributed by atoms with Crippen molar-refractivity contribution in [1.82, 2.24) is 24.2 Å². The van der Waals surface area contributed by atoms with Crippen LogP contribution in [-0.2, 0) is 13.1 Å². The van der Waals surface area contributed by atoms with Crippen molar-refractivity contribution in [1.29, 1.82) is 0 Å². The molecule has 0 fully saturated rings. The fraction of sp³-hybridized carbons (Fsp3) is 0.333. The first-order chi connectivity index (χ1) is 10.2. The van der Waals surface area contributed by atoms with Crippen LogP contribution in [0, 0.1) is 0 Å². The molecule has 5 nitrogen and oxygen atoms in total. The molecule has 21 heavy (non-hydrogen) atoms. The highest BCUT2D eigenvalue weighted by atomic mass is 35.5. The maximum atomic E-state index is 5.85. The van der Waals surface area contributed by atoms with Gasteiger partial charge in [0.15, 0.2) is 0 Å². The van der Waals surface area contributed by atoms with Gasteiger partial charge in [-0.1, -0.05) is 23.7 Å². The Morgan fingerprint density at radius 3 is 2.81 bits per heavy atom. The number of likely N-dealkylation sites (N-methyl/N-ethyl adjacent to an activating group) is 1. The molecular formula is C15H18ClN5. The Hall–Kier alpha value is -1.85. The van der Waals surface area contributed by atoms with E-state index in [0.717, 1.165) is 31.7 Å². The minimum atomic E-state index is 0.683. The van der Waals surface area contributed by atoms with Gasteiger partial charge in [-0.2, -0.15) is 5.10 Å². The predicted octanol–water partition coefficient (Wildman–Crippen LogP) is 2.52. The van der Waals surface area contributed by atoms with Crippen LogP contribution >= 0.6 is 11.6 Å². The van der Waals surface area contributed by atoms with E-state index in [1.807, 2.05) is 35.4 Å². The van der Waals surface area contributed by atoms with E-state index in [1.54, 1.807) is 6.20 Å². The second-order valence-electron chi connectivity index (χ2n) is 5.15. The molecule has 0 unspecified atom stereocenters. The monoisotopic (exact) mass is 303 g/mol. The van der Waals surface area contributed by atoms with Crippen molar-refractivity contribution in [3.63, 3.8) is 0 Å². The summed E-state index contributed by atoms with van der Waals surface area (Å²) in [5.41, 5.74) is 2.23. The Labute approximate surface area is 128 Å². The Morgan fingerprint density at radius 2 is 2.00 bits per heavy atom. The summed E-state index contributed by atoms with van der Waals surface area (Å²) in [6.07, 6.45) is 5.42. The van der Waals surface area contributed by atoms with Gasteiger partial charge in [-0.3, -0.25) is 4.68 Å². The summed E-state index contributed by atoms with van der Waals surface area (Å²) in [5, 5.41) is 4.86. The molecule has 0 radical (unpaired) electrons. The molecule has 0 aliphatic heterocycles. The quantitative estimate of drug-likeness (QED) is 0.702. The second kappa shape index (κ2) is 6.28. The van der Waals surface area contributed by atoms with Gasteiger partial charge < -0.3 is 9.47 Å². The number of nitrogens with zero attached hydrogens (tertiary/aromatic N) is 5. The predicted molar refractivity (Wildman–Crippen MR) is 84.5 cm³/mol. The van der Waals surface area contributed by atoms with Gasteiger partial charge in [-0.25, -0.2) is 4.98 Å². The van der Waals surface area contributed by atoms with Gasteiger partial charge in [0.1, 0.15) is 0 Å². The van der Waals surface area contributed by atoms with Gasteiger partial charge in [0, 0.05) is 25.8 Å². The first kappa shape index (κ1) is 14.1. The summed E-state index contributed by atoms with van der Waals surface area (Å²) in [5.74, 6) is 0. The molecule has 110 valence electrons. The van der Waals surface area contributed by atoms with Gasteiger partial charge in [-0.15, -0.1) is 0 Å². The zero-order chi connectivity index (χ0) is 14.7. The van der Waals surface area contributed by atoms with Crippen LogP contribution in [0.4, 0.5) is 0 Å². The van der Waals surface area contributed by atoms with E-state index in [1.165, 1.54) is 5.52 Å². The first-order valence-corrected chi connectivity index (χ1v) is 7.36. The second-order valence-corrected chi connectivity index (χ2v) is 5.59. The average molecular weight is 304 g/mol. The zero-order valence-corrected chi connectivity index (χ0v) is 12.7. The van der Waals surface area contributed by atoms with Crippen molar-refractivity contribution >= 4 is 22.6 Å². The number of fused-ring (bicyclic) bond motifs is 1. The normalized spacial score (nSPS) is 11.6. The fourth-order valence-corrected chi connectivity index (χ4v) is 2.47. The Kier molecular flexibility index (Phi) is 4.22. The highest BCUT2D eigenvalue weighted by molar-refractivity contribution is 6.30. The molecule has 0 atom stereocenters. The summed E-state index contributed by atoms with van der Waals surface area (Å²) in [7, 11) is 2.12. The number of imidazole rings is 1. The molecule has 0 amide bonds. The van der Waals surface area contributed by atoms with E-state index in [4.69, 9.17) is 11.6 Å². The van der Waals surface area contributed by atoms with Crippen LogP contribution in [0.15, 0.2) is 43.0 Å². The Morgan fingerprint density at radius 1 is 1.19 bits per heavy atom. The van der Waals surface area contributed by atoms with Crippen LogP contribution < -0.4 is 0 Å². The van der Waals surface area contributed by atoms with Gasteiger partial charge in [0.05, 0.1) is 35.1 Å². The molecule has 0 spiro atoms. The van der Waals surface area contributed by atoms with Crippen LogP contribution in [-0.4, -0.2) is 44.4 Å². The number of para-hydroxylation sites is 2. The average Bonchev–Trinajstić information content (AvgIpc) is 3.09. The van der Waals surface area contributed by atoms with Gasteiger partial charge >= 0.3 is 0 Å². The number of rotatable bonds is 6. The Bertz CT molecular complexity index is 718. The number of hydrogen-bond acceptors (Lipinski definition) is 3. The number of halogens is 1. The van der Waals surface area contributed by atoms with Crippen molar-refractivity contribution in [3.05, 3.63) is 48.0 Å². The molecule has 2 aromatic heterocycles. The summed E-state index contributed by atoms with van der Waals surface area (Å²) >= 11 is 5.85. The SMILES string of the molecule is CN(CCn1cc(Cl)cn1)CCn1cnc2ccccc21. The standard InChI is InChI=1S/C15H18ClN5/c1-19(7-9-21-11-13(16)10-18-21)6-8-20-12-17-14-4-2-3-5-15(14)20/h2-5,10-12H,6-9H2,1H3. The van der Waals surface area contributed by atoms with Gasteiger partial charge in [-0.05, 0) is 19.2 Å². The molecular weight excluding hydrogens is 286 g/mol. The Balaban J connectivity index is 1.52. The molecule has 0 bridgehead atoms. The molecule has 0 aliphatic rings. The number of hydrogen-bond donors (Lipinski definition) is 0. The van der Waals surface area contributed by atoms with Gasteiger partial charge in [0.2, 0.25) is 0 Å². The summed E-state index contributed by atoms with van der Waals surface area (Å²) in [6, 6.07) is 8.21. The lowest BCUT2D eigenvalue weighted by molar-refractivity contribution is 0.301. The largest absolute Gasteiger partial charge is 0.329 e. The molecule has 1 aromatic carbocycles. The van der Waals surface area contributed by atoms with Crippen LogP contribution in [0.5, 0.6) is 0 Å². The molecule has 6 heteroatoms. The van der Waals surface area contributed by atoms with Crippen LogP contribution in [0.25, 0.3) is 11.0 Å². The lowest BCUT2D eigenvalue weighted by atomic mass is 10.3. The van der Waals surface area contributed by atoms with Crippen molar-refractivity contribution in [2.75, 3.05) is 20.1 Å². The van der Waals surface area contributed by atoms with Crippen LogP contribution in [0.1, 0.15) is 0 Å². The number of aromatic nitrogens is 4. The zero-order valence-electron chi connectivity index (χ0n) is 12.0. The summed E-state index contributed by atoms with van der Waals surface area (Å²) in [6.45, 7) is 3.67. The third-order valence-electron chi connectivity index (χ3n) is 3.56. The van der Waals surface area contributed by atoms with E-state index in [0.29, 0.717) is 5.02 Å². The topological polar surface area (TPSA) is 38.9 Å².